The molecule has 2 atom stereocenters. The molecule has 2 heteroatoms. The van der Waals surface area contributed by atoms with Gasteiger partial charge in [-0.15, -0.1) is 0 Å². The van der Waals surface area contributed by atoms with Crippen LogP contribution in [-0.2, 0) is 6.42 Å². The zero-order valence-electron chi connectivity index (χ0n) is 7.39. The van der Waals surface area contributed by atoms with Gasteiger partial charge < -0.3 is 5.32 Å². The molecule has 2 aliphatic heterocycles. The fourth-order valence-electron chi connectivity index (χ4n) is 2.58. The molecule has 1 saturated heterocycles. The van der Waals surface area contributed by atoms with Gasteiger partial charge in [0.1, 0.15) is 5.82 Å². The van der Waals surface area contributed by atoms with Gasteiger partial charge in [0, 0.05) is 12.1 Å². The Bertz CT molecular complexity index is 348. The zero-order valence-corrected chi connectivity index (χ0v) is 7.39. The molecule has 1 N–H and O–H groups in total. The standard InChI is InChI=1S/C11H12FN/c12-8-1-3-10-7(5-8)6-9-2-4-11(10)13-9/h1,3,5,9,11,13H,2,4,6H2. The molecule has 0 aliphatic carbocycles. The topological polar surface area (TPSA) is 12.0 Å². The summed E-state index contributed by atoms with van der Waals surface area (Å²) in [6, 6.07) is 6.29. The van der Waals surface area contributed by atoms with Gasteiger partial charge >= 0.3 is 0 Å². The van der Waals surface area contributed by atoms with Crippen LogP contribution in [0.1, 0.15) is 30.0 Å². The van der Waals surface area contributed by atoms with E-state index < -0.39 is 0 Å². The maximum Gasteiger partial charge on any atom is 0.123 e. The van der Waals surface area contributed by atoms with Gasteiger partial charge in [-0.05, 0) is 42.5 Å². The monoisotopic (exact) mass is 177 g/mol. The average Bonchev–Trinajstić information content (AvgIpc) is 2.48. The Morgan fingerprint density at radius 1 is 1.31 bits per heavy atom. The lowest BCUT2D eigenvalue weighted by Crippen LogP contribution is -2.31. The number of halogens is 1. The third kappa shape index (κ3) is 1.09. The molecular formula is C11H12FN. The van der Waals surface area contributed by atoms with E-state index in [0.717, 1.165) is 6.42 Å². The number of benzene rings is 1. The van der Waals surface area contributed by atoms with E-state index >= 15 is 0 Å². The summed E-state index contributed by atoms with van der Waals surface area (Å²) in [4.78, 5) is 0. The average molecular weight is 177 g/mol. The van der Waals surface area contributed by atoms with Crippen LogP contribution in [0.15, 0.2) is 18.2 Å². The Kier molecular flexibility index (Phi) is 1.47. The molecule has 0 radical (unpaired) electrons. The van der Waals surface area contributed by atoms with E-state index in [0.29, 0.717) is 12.1 Å². The van der Waals surface area contributed by atoms with Gasteiger partial charge in [0.25, 0.3) is 0 Å². The maximum absolute atomic E-state index is 12.9. The van der Waals surface area contributed by atoms with Crippen molar-refractivity contribution in [3.05, 3.63) is 35.1 Å². The Balaban J connectivity index is 2.12. The van der Waals surface area contributed by atoms with Crippen LogP contribution in [0.3, 0.4) is 0 Å². The van der Waals surface area contributed by atoms with Crippen molar-refractivity contribution in [2.45, 2.75) is 31.3 Å². The van der Waals surface area contributed by atoms with Crippen molar-refractivity contribution in [1.29, 1.82) is 0 Å². The highest BCUT2D eigenvalue weighted by Crippen LogP contribution is 2.35. The van der Waals surface area contributed by atoms with Crippen LogP contribution < -0.4 is 5.32 Å². The highest BCUT2D eigenvalue weighted by Gasteiger charge is 2.31. The Labute approximate surface area is 77.0 Å². The fourth-order valence-corrected chi connectivity index (χ4v) is 2.58. The molecule has 0 aromatic heterocycles. The second-order valence-corrected chi connectivity index (χ2v) is 4.04. The van der Waals surface area contributed by atoms with Crippen LogP contribution in [0.4, 0.5) is 4.39 Å². The van der Waals surface area contributed by atoms with Gasteiger partial charge in [-0.2, -0.15) is 0 Å². The predicted octanol–water partition coefficient (Wildman–Crippen LogP) is 2.17. The molecule has 1 fully saturated rings. The van der Waals surface area contributed by atoms with Crippen molar-refractivity contribution in [3.8, 4) is 0 Å². The SMILES string of the molecule is Fc1ccc2c(c1)CC1CCC2N1. The first-order valence-corrected chi connectivity index (χ1v) is 4.87. The van der Waals surface area contributed by atoms with Crippen molar-refractivity contribution in [1.82, 2.24) is 5.32 Å². The van der Waals surface area contributed by atoms with Gasteiger partial charge in [0.05, 0.1) is 0 Å². The van der Waals surface area contributed by atoms with E-state index in [1.807, 2.05) is 6.07 Å². The molecule has 2 aliphatic rings. The highest BCUT2D eigenvalue weighted by atomic mass is 19.1. The fraction of sp³-hybridized carbons (Fsp3) is 0.455. The van der Waals surface area contributed by atoms with Crippen LogP contribution in [-0.4, -0.2) is 6.04 Å². The predicted molar refractivity (Wildman–Crippen MR) is 49.0 cm³/mol. The minimum absolute atomic E-state index is 0.0972. The quantitative estimate of drug-likeness (QED) is 0.640. The lowest BCUT2D eigenvalue weighted by atomic mass is 9.95. The van der Waals surface area contributed by atoms with Crippen molar-refractivity contribution in [2.75, 3.05) is 0 Å². The van der Waals surface area contributed by atoms with E-state index in [9.17, 15) is 4.39 Å². The van der Waals surface area contributed by atoms with Crippen LogP contribution in [0.5, 0.6) is 0 Å². The smallest absolute Gasteiger partial charge is 0.123 e. The summed E-state index contributed by atoms with van der Waals surface area (Å²) < 4.78 is 12.9. The van der Waals surface area contributed by atoms with Crippen LogP contribution in [0.2, 0.25) is 0 Å². The van der Waals surface area contributed by atoms with Gasteiger partial charge in [-0.25, -0.2) is 4.39 Å². The largest absolute Gasteiger partial charge is 0.307 e. The van der Waals surface area contributed by atoms with Gasteiger partial charge in [0.2, 0.25) is 0 Å². The van der Waals surface area contributed by atoms with Crippen LogP contribution in [0, 0.1) is 5.82 Å². The molecule has 1 aromatic carbocycles. The molecule has 0 spiro atoms. The summed E-state index contributed by atoms with van der Waals surface area (Å²) in [5.74, 6) is -0.0972. The third-order valence-corrected chi connectivity index (χ3v) is 3.19. The minimum Gasteiger partial charge on any atom is -0.307 e. The lowest BCUT2D eigenvalue weighted by molar-refractivity contribution is 0.510. The van der Waals surface area contributed by atoms with Gasteiger partial charge in [-0.3, -0.25) is 0 Å². The molecule has 3 rings (SSSR count). The van der Waals surface area contributed by atoms with Crippen molar-refractivity contribution in [3.63, 3.8) is 0 Å². The molecule has 68 valence electrons. The normalized spacial score (nSPS) is 30.2. The van der Waals surface area contributed by atoms with Crippen LogP contribution in [0.25, 0.3) is 0 Å². The minimum atomic E-state index is -0.0972. The molecule has 2 heterocycles. The van der Waals surface area contributed by atoms with E-state index in [1.165, 1.54) is 24.0 Å². The second-order valence-electron chi connectivity index (χ2n) is 4.04. The van der Waals surface area contributed by atoms with Crippen LogP contribution >= 0.6 is 0 Å². The van der Waals surface area contributed by atoms with Gasteiger partial charge in [-0.1, -0.05) is 6.07 Å². The van der Waals surface area contributed by atoms with Crippen molar-refractivity contribution in [2.24, 2.45) is 0 Å². The lowest BCUT2D eigenvalue weighted by Gasteiger charge is -2.24. The third-order valence-electron chi connectivity index (χ3n) is 3.19. The number of fused-ring (bicyclic) bond motifs is 4. The van der Waals surface area contributed by atoms with E-state index in [1.54, 1.807) is 12.1 Å². The Hall–Kier alpha value is -0.890. The van der Waals surface area contributed by atoms with Gasteiger partial charge in [0.15, 0.2) is 0 Å². The molecule has 1 aromatic rings. The molecular weight excluding hydrogens is 165 g/mol. The summed E-state index contributed by atoms with van der Waals surface area (Å²) >= 11 is 0. The van der Waals surface area contributed by atoms with E-state index in [2.05, 4.69) is 5.32 Å². The first-order chi connectivity index (χ1) is 6.33. The summed E-state index contributed by atoms with van der Waals surface area (Å²) in [6.07, 6.45) is 3.45. The Morgan fingerprint density at radius 2 is 2.23 bits per heavy atom. The summed E-state index contributed by atoms with van der Waals surface area (Å²) in [5, 5.41) is 3.54. The zero-order chi connectivity index (χ0) is 8.84. The van der Waals surface area contributed by atoms with Crippen molar-refractivity contribution >= 4 is 0 Å². The highest BCUT2D eigenvalue weighted by molar-refractivity contribution is 5.35. The summed E-state index contributed by atoms with van der Waals surface area (Å²) in [7, 11) is 0. The molecule has 0 saturated carbocycles. The number of rotatable bonds is 0. The molecule has 2 unspecified atom stereocenters. The molecule has 1 nitrogen and oxygen atoms in total. The molecule has 2 bridgehead atoms. The first kappa shape index (κ1) is 7.51. The van der Waals surface area contributed by atoms with Crippen molar-refractivity contribution < 1.29 is 4.39 Å². The maximum atomic E-state index is 12.9. The second kappa shape index (κ2) is 2.55. The summed E-state index contributed by atoms with van der Waals surface area (Å²) in [5.41, 5.74) is 2.53. The number of hydrogen-bond acceptors (Lipinski definition) is 1. The molecule has 0 amide bonds. The number of nitrogens with one attached hydrogen (secondary N) is 1. The molecule has 13 heavy (non-hydrogen) atoms. The van der Waals surface area contributed by atoms with E-state index in [-0.39, 0.29) is 5.82 Å². The Morgan fingerprint density at radius 3 is 3.15 bits per heavy atom. The van der Waals surface area contributed by atoms with E-state index in [4.69, 9.17) is 0 Å². The first-order valence-electron chi connectivity index (χ1n) is 4.87. The summed E-state index contributed by atoms with van der Waals surface area (Å²) in [6.45, 7) is 0. The number of hydrogen-bond donors (Lipinski definition) is 1.